The zero-order valence-corrected chi connectivity index (χ0v) is 14.4. The number of nitrogens with one attached hydrogen (secondary N) is 1. The molecule has 0 atom stereocenters. The number of carbonyl (C=O) groups excluding carboxylic acids is 2. The summed E-state index contributed by atoms with van der Waals surface area (Å²) in [4.78, 5) is 37.0. The molecule has 0 unspecified atom stereocenters. The average Bonchev–Trinajstić information content (AvgIpc) is 2.56. The Labute approximate surface area is 150 Å². The van der Waals surface area contributed by atoms with Crippen LogP contribution >= 0.6 is 0 Å². The van der Waals surface area contributed by atoms with E-state index in [4.69, 9.17) is 9.84 Å². The number of rotatable bonds is 4. The highest BCUT2D eigenvalue weighted by atomic mass is 16.5. The molecule has 3 rings (SSSR count). The molecule has 0 aliphatic carbocycles. The van der Waals surface area contributed by atoms with Crippen LogP contribution in [0.1, 0.15) is 21.5 Å². The summed E-state index contributed by atoms with van der Waals surface area (Å²) in [5, 5.41) is 11.8. The highest BCUT2D eigenvalue weighted by molar-refractivity contribution is 5.98. The lowest BCUT2D eigenvalue weighted by Gasteiger charge is -2.29. The molecule has 0 saturated heterocycles. The van der Waals surface area contributed by atoms with E-state index in [0.717, 1.165) is 11.1 Å². The fourth-order valence-corrected chi connectivity index (χ4v) is 2.75. The number of carboxylic acid groups (broad SMARTS) is 1. The number of aromatic carboxylic acids is 1. The third-order valence-electron chi connectivity index (χ3n) is 4.09. The minimum Gasteiger partial charge on any atom is -0.478 e. The molecule has 0 radical (unpaired) electrons. The van der Waals surface area contributed by atoms with Gasteiger partial charge in [-0.3, -0.25) is 4.79 Å². The van der Waals surface area contributed by atoms with Gasteiger partial charge in [-0.1, -0.05) is 12.1 Å². The van der Waals surface area contributed by atoms with Crippen molar-refractivity contribution < 1.29 is 24.2 Å². The summed E-state index contributed by atoms with van der Waals surface area (Å²) >= 11 is 0. The number of hydrogen-bond acceptors (Lipinski definition) is 5. The molecule has 0 bridgehead atoms. The predicted molar refractivity (Wildman–Crippen MR) is 95.8 cm³/mol. The number of fused-ring (bicyclic) bond motifs is 1. The molecule has 1 aliphatic rings. The van der Waals surface area contributed by atoms with Crippen LogP contribution in [0.4, 0.5) is 11.4 Å². The van der Waals surface area contributed by atoms with Crippen LogP contribution in [0, 0.1) is 13.8 Å². The summed E-state index contributed by atoms with van der Waals surface area (Å²) in [6.07, 6.45) is 0. The molecule has 1 heterocycles. The Morgan fingerprint density at radius 2 is 1.96 bits per heavy atom. The van der Waals surface area contributed by atoms with E-state index >= 15 is 0 Å². The standard InChI is InChI=1S/C19H18N2O5/c1-11-3-6-15-16(7-11)26-18(23)10-21(15)9-17(22)20-14-8-13(19(24)25)5-4-12(14)2/h3-8H,9-10H2,1-2H3,(H,20,22)(H,24,25). The maximum absolute atomic E-state index is 12.4. The maximum Gasteiger partial charge on any atom is 0.335 e. The van der Waals surface area contributed by atoms with Crippen molar-refractivity contribution >= 4 is 29.2 Å². The van der Waals surface area contributed by atoms with E-state index in [1.54, 1.807) is 30.0 Å². The van der Waals surface area contributed by atoms with Crippen molar-refractivity contribution in [1.29, 1.82) is 0 Å². The van der Waals surface area contributed by atoms with Gasteiger partial charge >= 0.3 is 11.9 Å². The number of carboxylic acids is 1. The highest BCUT2D eigenvalue weighted by Gasteiger charge is 2.25. The number of benzene rings is 2. The Hall–Kier alpha value is -3.35. The highest BCUT2D eigenvalue weighted by Crippen LogP contribution is 2.32. The van der Waals surface area contributed by atoms with Crippen LogP contribution in [-0.4, -0.2) is 36.0 Å². The van der Waals surface area contributed by atoms with Crippen LogP contribution in [-0.2, 0) is 9.59 Å². The third kappa shape index (κ3) is 3.66. The van der Waals surface area contributed by atoms with Gasteiger partial charge in [-0.2, -0.15) is 0 Å². The van der Waals surface area contributed by atoms with Crippen molar-refractivity contribution in [3.8, 4) is 5.75 Å². The van der Waals surface area contributed by atoms with Gasteiger partial charge in [0.2, 0.25) is 5.91 Å². The van der Waals surface area contributed by atoms with Gasteiger partial charge in [0.1, 0.15) is 6.54 Å². The Kier molecular flexibility index (Phi) is 4.62. The first-order valence-corrected chi connectivity index (χ1v) is 8.03. The number of amides is 1. The predicted octanol–water partition coefficient (Wildman–Crippen LogP) is 2.37. The minimum absolute atomic E-state index is 0.0301. The van der Waals surface area contributed by atoms with Crippen molar-refractivity contribution in [2.45, 2.75) is 13.8 Å². The number of hydrogen-bond donors (Lipinski definition) is 2. The van der Waals surface area contributed by atoms with Gasteiger partial charge in [0, 0.05) is 5.69 Å². The summed E-state index contributed by atoms with van der Waals surface area (Å²) in [6.45, 7) is 3.58. The van der Waals surface area contributed by atoms with Gasteiger partial charge in [0.15, 0.2) is 5.75 Å². The smallest absolute Gasteiger partial charge is 0.335 e. The monoisotopic (exact) mass is 354 g/mol. The SMILES string of the molecule is Cc1ccc2c(c1)OC(=O)CN2CC(=O)Nc1cc(C(=O)O)ccc1C. The molecule has 1 amide bonds. The van der Waals surface area contributed by atoms with Crippen LogP contribution in [0.3, 0.4) is 0 Å². The molecule has 2 N–H and O–H groups in total. The van der Waals surface area contributed by atoms with Crippen molar-refractivity contribution in [1.82, 2.24) is 0 Å². The lowest BCUT2D eigenvalue weighted by atomic mass is 10.1. The summed E-state index contributed by atoms with van der Waals surface area (Å²) in [7, 11) is 0. The van der Waals surface area contributed by atoms with Gasteiger partial charge in [0.25, 0.3) is 0 Å². The molecule has 134 valence electrons. The summed E-state index contributed by atoms with van der Waals surface area (Å²) in [6, 6.07) is 9.96. The first-order chi connectivity index (χ1) is 12.3. The molecule has 1 aliphatic heterocycles. The molecule has 0 fully saturated rings. The van der Waals surface area contributed by atoms with Crippen LogP contribution < -0.4 is 15.0 Å². The van der Waals surface area contributed by atoms with E-state index in [1.165, 1.54) is 12.1 Å². The first-order valence-electron chi connectivity index (χ1n) is 8.03. The number of anilines is 2. The van der Waals surface area contributed by atoms with Crippen molar-refractivity contribution in [2.75, 3.05) is 23.3 Å². The minimum atomic E-state index is -1.07. The van der Waals surface area contributed by atoms with Crippen LogP contribution in [0.25, 0.3) is 0 Å². The van der Waals surface area contributed by atoms with Crippen molar-refractivity contribution in [3.63, 3.8) is 0 Å². The summed E-state index contributed by atoms with van der Waals surface area (Å²) in [5.74, 6) is -1.42. The van der Waals surface area contributed by atoms with Crippen LogP contribution in [0.2, 0.25) is 0 Å². The van der Waals surface area contributed by atoms with Gasteiger partial charge in [-0.15, -0.1) is 0 Å². The molecule has 0 spiro atoms. The van der Waals surface area contributed by atoms with Crippen molar-refractivity contribution in [3.05, 3.63) is 53.1 Å². The molecule has 2 aromatic rings. The zero-order valence-electron chi connectivity index (χ0n) is 14.4. The zero-order chi connectivity index (χ0) is 18.8. The molecule has 26 heavy (non-hydrogen) atoms. The van der Waals surface area contributed by atoms with Crippen molar-refractivity contribution in [2.24, 2.45) is 0 Å². The normalized spacial score (nSPS) is 13.0. The van der Waals surface area contributed by atoms with Gasteiger partial charge in [-0.25, -0.2) is 9.59 Å². The topological polar surface area (TPSA) is 95.9 Å². The van der Waals surface area contributed by atoms with Gasteiger partial charge in [-0.05, 0) is 49.2 Å². The number of aryl methyl sites for hydroxylation is 2. The quantitative estimate of drug-likeness (QED) is 0.646. The fourth-order valence-electron chi connectivity index (χ4n) is 2.75. The van der Waals surface area contributed by atoms with E-state index in [1.807, 2.05) is 13.0 Å². The molecule has 7 nitrogen and oxygen atoms in total. The maximum atomic E-state index is 12.4. The second kappa shape index (κ2) is 6.87. The average molecular weight is 354 g/mol. The molecular formula is C19H18N2O5. The van der Waals surface area contributed by atoms with Crippen LogP contribution in [0.5, 0.6) is 5.75 Å². The molecule has 2 aromatic carbocycles. The van der Waals surface area contributed by atoms with E-state index in [-0.39, 0.29) is 24.6 Å². The van der Waals surface area contributed by atoms with E-state index in [0.29, 0.717) is 17.1 Å². The number of nitrogens with zero attached hydrogens (tertiary/aromatic N) is 1. The Morgan fingerprint density at radius 3 is 2.69 bits per heavy atom. The number of carbonyl (C=O) groups is 3. The fraction of sp³-hybridized carbons (Fsp3) is 0.211. The van der Waals surface area contributed by atoms with Crippen LogP contribution in [0.15, 0.2) is 36.4 Å². The van der Waals surface area contributed by atoms with E-state index in [9.17, 15) is 14.4 Å². The number of esters is 1. The lowest BCUT2D eigenvalue weighted by Crippen LogP contribution is -2.41. The molecular weight excluding hydrogens is 336 g/mol. The van der Waals surface area contributed by atoms with E-state index in [2.05, 4.69) is 5.32 Å². The molecule has 7 heteroatoms. The van der Waals surface area contributed by atoms with E-state index < -0.39 is 11.9 Å². The van der Waals surface area contributed by atoms with Gasteiger partial charge in [0.05, 0.1) is 17.8 Å². The molecule has 0 aromatic heterocycles. The third-order valence-corrected chi connectivity index (χ3v) is 4.09. The van der Waals surface area contributed by atoms with Gasteiger partial charge < -0.3 is 20.1 Å². The second-order valence-corrected chi connectivity index (χ2v) is 6.18. The second-order valence-electron chi connectivity index (χ2n) is 6.18. The summed E-state index contributed by atoms with van der Waals surface area (Å²) < 4.78 is 5.23. The lowest BCUT2D eigenvalue weighted by molar-refractivity contribution is -0.133. The Morgan fingerprint density at radius 1 is 1.19 bits per heavy atom. The Bertz CT molecular complexity index is 907. The Balaban J connectivity index is 1.78. The largest absolute Gasteiger partial charge is 0.478 e. The number of ether oxygens (including phenoxy) is 1. The first kappa shape index (κ1) is 17.5. The summed E-state index contributed by atoms with van der Waals surface area (Å²) in [5.41, 5.74) is 2.88. The molecule has 0 saturated carbocycles.